The van der Waals surface area contributed by atoms with Crippen molar-refractivity contribution in [2.75, 3.05) is 19.7 Å². The van der Waals surface area contributed by atoms with E-state index in [2.05, 4.69) is 28.2 Å². The molecular weight excluding hydrogens is 297 g/mol. The van der Waals surface area contributed by atoms with Crippen molar-refractivity contribution in [1.82, 2.24) is 5.32 Å². The third kappa shape index (κ3) is 6.36. The second-order valence-corrected chi connectivity index (χ2v) is 5.05. The maximum atomic E-state index is 12.8. The van der Waals surface area contributed by atoms with Gasteiger partial charge in [-0.3, -0.25) is 0 Å². The zero-order valence-corrected chi connectivity index (χ0v) is 12.4. The van der Waals surface area contributed by atoms with Gasteiger partial charge in [0.05, 0.1) is 11.1 Å². The second-order valence-electron chi connectivity index (χ2n) is 4.19. The molecule has 0 aliphatic carbocycles. The van der Waals surface area contributed by atoms with Gasteiger partial charge in [-0.25, -0.2) is 4.39 Å². The Morgan fingerprint density at radius 1 is 1.22 bits per heavy atom. The summed E-state index contributed by atoms with van der Waals surface area (Å²) in [6.45, 7) is 4.95. The number of hydrogen-bond donors (Lipinski definition) is 1. The largest absolute Gasteiger partial charge is 0.492 e. The molecule has 1 aromatic carbocycles. The lowest BCUT2D eigenvalue weighted by Crippen LogP contribution is -2.13. The molecule has 0 saturated heterocycles. The predicted octanol–water partition coefficient (Wildman–Crippen LogP) is 4.14. The van der Waals surface area contributed by atoms with Crippen LogP contribution < -0.4 is 10.1 Å². The van der Waals surface area contributed by atoms with Crippen molar-refractivity contribution in [3.8, 4) is 5.75 Å². The fourth-order valence-corrected chi connectivity index (χ4v) is 2.12. The van der Waals surface area contributed by atoms with Crippen molar-refractivity contribution in [1.29, 1.82) is 0 Å². The maximum absolute atomic E-state index is 12.8. The first-order chi connectivity index (χ1) is 8.74. The van der Waals surface area contributed by atoms with Crippen molar-refractivity contribution < 1.29 is 9.13 Å². The average molecular weight is 318 g/mol. The average Bonchev–Trinajstić information content (AvgIpc) is 2.35. The maximum Gasteiger partial charge on any atom is 0.133 e. The second kappa shape index (κ2) is 9.34. The lowest BCUT2D eigenvalue weighted by molar-refractivity contribution is 0.302. The Morgan fingerprint density at radius 3 is 2.72 bits per heavy atom. The minimum absolute atomic E-state index is 0.252. The van der Waals surface area contributed by atoms with Crippen LogP contribution in [0.3, 0.4) is 0 Å². The van der Waals surface area contributed by atoms with Gasteiger partial charge in [0.15, 0.2) is 0 Å². The molecule has 0 atom stereocenters. The van der Waals surface area contributed by atoms with Gasteiger partial charge in [0, 0.05) is 0 Å². The van der Waals surface area contributed by atoms with E-state index in [1.54, 1.807) is 6.07 Å². The van der Waals surface area contributed by atoms with Crippen LogP contribution in [0, 0.1) is 5.82 Å². The first-order valence-electron chi connectivity index (χ1n) is 6.52. The van der Waals surface area contributed by atoms with Crippen molar-refractivity contribution in [2.24, 2.45) is 0 Å². The molecule has 0 aliphatic rings. The van der Waals surface area contributed by atoms with Gasteiger partial charge in [-0.2, -0.15) is 0 Å². The molecular formula is C14H21BrFNO. The topological polar surface area (TPSA) is 21.3 Å². The number of benzene rings is 1. The zero-order chi connectivity index (χ0) is 13.2. The highest BCUT2D eigenvalue weighted by Gasteiger charge is 2.02. The molecule has 0 heterocycles. The Morgan fingerprint density at radius 2 is 2.00 bits per heavy atom. The lowest BCUT2D eigenvalue weighted by atomic mass is 10.2. The molecule has 0 aliphatic heterocycles. The molecule has 0 unspecified atom stereocenters. The van der Waals surface area contributed by atoms with Crippen LogP contribution in [0.5, 0.6) is 5.75 Å². The summed E-state index contributed by atoms with van der Waals surface area (Å²) in [6.07, 6.45) is 4.65. The number of rotatable bonds is 9. The summed E-state index contributed by atoms with van der Waals surface area (Å²) < 4.78 is 19.1. The first-order valence-corrected chi connectivity index (χ1v) is 7.32. The summed E-state index contributed by atoms with van der Waals surface area (Å²) in [5.74, 6) is 0.460. The molecule has 0 bridgehead atoms. The Bertz CT molecular complexity index is 347. The molecule has 0 amide bonds. The number of nitrogens with one attached hydrogen (secondary N) is 1. The van der Waals surface area contributed by atoms with E-state index in [9.17, 15) is 4.39 Å². The van der Waals surface area contributed by atoms with Crippen molar-refractivity contribution >= 4 is 15.9 Å². The van der Waals surface area contributed by atoms with Crippen LogP contribution in [0.25, 0.3) is 0 Å². The van der Waals surface area contributed by atoms with Crippen LogP contribution in [0.2, 0.25) is 0 Å². The van der Waals surface area contributed by atoms with Crippen LogP contribution in [-0.4, -0.2) is 19.7 Å². The molecule has 0 fully saturated rings. The number of unbranched alkanes of at least 4 members (excludes halogenated alkanes) is 3. The van der Waals surface area contributed by atoms with E-state index < -0.39 is 0 Å². The van der Waals surface area contributed by atoms with E-state index >= 15 is 0 Å². The minimum atomic E-state index is -0.252. The van der Waals surface area contributed by atoms with Gasteiger partial charge in [-0.05, 0) is 60.1 Å². The van der Waals surface area contributed by atoms with Crippen LogP contribution in [0.4, 0.5) is 4.39 Å². The summed E-state index contributed by atoms with van der Waals surface area (Å²) in [5.41, 5.74) is 0. The lowest BCUT2D eigenvalue weighted by Gasteiger charge is -2.08. The highest BCUT2D eigenvalue weighted by Crippen LogP contribution is 2.25. The highest BCUT2D eigenvalue weighted by atomic mass is 79.9. The van der Waals surface area contributed by atoms with Gasteiger partial charge in [-0.15, -0.1) is 0 Å². The van der Waals surface area contributed by atoms with Gasteiger partial charge in [0.1, 0.15) is 11.6 Å². The van der Waals surface area contributed by atoms with Crippen LogP contribution in [0.1, 0.15) is 32.6 Å². The molecule has 0 spiro atoms. The molecule has 2 nitrogen and oxygen atoms in total. The number of hydrogen-bond acceptors (Lipinski definition) is 2. The highest BCUT2D eigenvalue weighted by molar-refractivity contribution is 9.10. The molecule has 4 heteroatoms. The molecule has 18 heavy (non-hydrogen) atoms. The standard InChI is InChI=1S/C14H21BrFNO/c1-2-17-9-5-3-4-6-10-18-14-8-7-12(16)11-13(14)15/h7-8,11,17H,2-6,9-10H2,1H3. The van der Waals surface area contributed by atoms with E-state index in [1.165, 1.54) is 31.4 Å². The molecule has 0 saturated carbocycles. The van der Waals surface area contributed by atoms with Gasteiger partial charge in [0.2, 0.25) is 0 Å². The molecule has 1 N–H and O–H groups in total. The van der Waals surface area contributed by atoms with Gasteiger partial charge >= 0.3 is 0 Å². The number of halogens is 2. The number of ether oxygens (including phenoxy) is 1. The van der Waals surface area contributed by atoms with Crippen molar-refractivity contribution in [2.45, 2.75) is 32.6 Å². The quantitative estimate of drug-likeness (QED) is 0.691. The molecule has 1 rings (SSSR count). The minimum Gasteiger partial charge on any atom is -0.492 e. The summed E-state index contributed by atoms with van der Waals surface area (Å²) in [4.78, 5) is 0. The molecule has 0 radical (unpaired) electrons. The Kier molecular flexibility index (Phi) is 8.01. The summed E-state index contributed by atoms with van der Waals surface area (Å²) in [7, 11) is 0. The van der Waals surface area contributed by atoms with Gasteiger partial charge in [-0.1, -0.05) is 19.8 Å². The van der Waals surface area contributed by atoms with Gasteiger partial charge in [0.25, 0.3) is 0 Å². The van der Waals surface area contributed by atoms with Crippen LogP contribution >= 0.6 is 15.9 Å². The van der Waals surface area contributed by atoms with Crippen molar-refractivity contribution in [3.63, 3.8) is 0 Å². The van der Waals surface area contributed by atoms with E-state index in [0.29, 0.717) is 16.8 Å². The Balaban J connectivity index is 2.07. The predicted molar refractivity (Wildman–Crippen MR) is 76.6 cm³/mol. The third-order valence-corrected chi connectivity index (χ3v) is 3.27. The first kappa shape index (κ1) is 15.4. The van der Waals surface area contributed by atoms with E-state index in [-0.39, 0.29) is 5.82 Å². The molecule has 102 valence electrons. The summed E-state index contributed by atoms with van der Waals surface area (Å²) in [6, 6.07) is 4.49. The van der Waals surface area contributed by atoms with E-state index in [0.717, 1.165) is 19.5 Å². The third-order valence-electron chi connectivity index (χ3n) is 2.65. The van der Waals surface area contributed by atoms with E-state index in [1.807, 2.05) is 0 Å². The monoisotopic (exact) mass is 317 g/mol. The summed E-state index contributed by atoms with van der Waals surface area (Å²) >= 11 is 3.29. The van der Waals surface area contributed by atoms with Crippen LogP contribution in [0.15, 0.2) is 22.7 Å². The van der Waals surface area contributed by atoms with E-state index in [4.69, 9.17) is 4.74 Å². The zero-order valence-electron chi connectivity index (χ0n) is 10.8. The fourth-order valence-electron chi connectivity index (χ4n) is 1.66. The van der Waals surface area contributed by atoms with Crippen molar-refractivity contribution in [3.05, 3.63) is 28.5 Å². The SMILES string of the molecule is CCNCCCCCCOc1ccc(F)cc1Br. The summed E-state index contributed by atoms with van der Waals surface area (Å²) in [5, 5.41) is 3.30. The fraction of sp³-hybridized carbons (Fsp3) is 0.571. The normalized spacial score (nSPS) is 10.6. The molecule has 0 aromatic heterocycles. The Hall–Kier alpha value is -0.610. The smallest absolute Gasteiger partial charge is 0.133 e. The molecule has 1 aromatic rings. The Labute approximate surface area is 117 Å². The van der Waals surface area contributed by atoms with Crippen LogP contribution in [-0.2, 0) is 0 Å². The van der Waals surface area contributed by atoms with Gasteiger partial charge < -0.3 is 10.1 Å².